The molecule has 3 amide bonds. The molecule has 112 valence electrons. The second kappa shape index (κ2) is 5.55. The molecule has 1 aliphatic heterocycles. The molecule has 6 heteroatoms. The maximum absolute atomic E-state index is 12.2. The van der Waals surface area contributed by atoms with E-state index < -0.39 is 11.6 Å². The van der Waals surface area contributed by atoms with Crippen LogP contribution in [-0.4, -0.2) is 41.8 Å². The Kier molecular flexibility index (Phi) is 3.97. The fraction of sp³-hybridized carbons (Fsp3) is 0.400. The molecule has 21 heavy (non-hydrogen) atoms. The number of methoxy groups -OCH3 is 1. The number of hydrogen-bond acceptors (Lipinski definition) is 4. The van der Waals surface area contributed by atoms with Gasteiger partial charge < -0.3 is 10.1 Å². The first-order chi connectivity index (χ1) is 9.91. The lowest BCUT2D eigenvalue weighted by atomic mass is 9.99. The Bertz CT molecular complexity index is 582. The zero-order valence-corrected chi connectivity index (χ0v) is 12.3. The minimum atomic E-state index is -0.919. The van der Waals surface area contributed by atoms with Crippen molar-refractivity contribution < 1.29 is 19.1 Å². The molecule has 0 radical (unpaired) electrons. The van der Waals surface area contributed by atoms with Crippen LogP contribution in [0.3, 0.4) is 0 Å². The Morgan fingerprint density at radius 3 is 2.38 bits per heavy atom. The van der Waals surface area contributed by atoms with E-state index >= 15 is 0 Å². The van der Waals surface area contributed by atoms with E-state index in [9.17, 15) is 14.4 Å². The molecular formula is C15H18N2O4. The number of ketones is 1. The van der Waals surface area contributed by atoms with Crippen LogP contribution >= 0.6 is 0 Å². The number of urea groups is 1. The van der Waals surface area contributed by atoms with Crippen LogP contribution in [0.4, 0.5) is 4.79 Å². The Balaban J connectivity index is 2.12. The lowest BCUT2D eigenvalue weighted by molar-refractivity contribution is -0.130. The van der Waals surface area contributed by atoms with Crippen LogP contribution in [0.1, 0.15) is 30.6 Å². The zero-order valence-electron chi connectivity index (χ0n) is 12.3. The summed E-state index contributed by atoms with van der Waals surface area (Å²) in [6.45, 7) is 3.21. The third-order valence-corrected chi connectivity index (χ3v) is 3.77. The van der Waals surface area contributed by atoms with E-state index in [1.807, 2.05) is 6.92 Å². The molecule has 1 heterocycles. The molecule has 1 unspecified atom stereocenters. The van der Waals surface area contributed by atoms with Crippen molar-refractivity contribution in [3.05, 3.63) is 29.8 Å². The van der Waals surface area contributed by atoms with Crippen LogP contribution in [0, 0.1) is 0 Å². The van der Waals surface area contributed by atoms with E-state index in [1.54, 1.807) is 31.2 Å². The van der Waals surface area contributed by atoms with Gasteiger partial charge in [0.15, 0.2) is 5.78 Å². The average Bonchev–Trinajstić information content (AvgIpc) is 2.71. The highest BCUT2D eigenvalue weighted by atomic mass is 16.5. The molecule has 1 saturated heterocycles. The minimum absolute atomic E-state index is 0.257. The smallest absolute Gasteiger partial charge is 0.325 e. The number of hydrogen-bond donors (Lipinski definition) is 1. The lowest BCUT2D eigenvalue weighted by Gasteiger charge is -2.18. The summed E-state index contributed by atoms with van der Waals surface area (Å²) in [5.41, 5.74) is -0.487. The zero-order chi connectivity index (χ0) is 15.6. The van der Waals surface area contributed by atoms with Crippen LogP contribution in [-0.2, 0) is 4.79 Å². The maximum Gasteiger partial charge on any atom is 0.325 e. The van der Waals surface area contributed by atoms with Crippen molar-refractivity contribution in [2.75, 3.05) is 13.7 Å². The average molecular weight is 290 g/mol. The largest absolute Gasteiger partial charge is 0.497 e. The van der Waals surface area contributed by atoms with Crippen molar-refractivity contribution >= 4 is 17.7 Å². The molecule has 1 fully saturated rings. The van der Waals surface area contributed by atoms with Crippen molar-refractivity contribution in [3.8, 4) is 5.75 Å². The van der Waals surface area contributed by atoms with E-state index in [1.165, 1.54) is 7.11 Å². The van der Waals surface area contributed by atoms with Crippen LogP contribution in [0.15, 0.2) is 24.3 Å². The standard InChI is InChI=1S/C15H18N2O4/c1-4-15(2)13(19)17(14(20)16-15)9-12(18)10-5-7-11(21-3)8-6-10/h5-8H,4,9H2,1-3H3,(H,16,20). The quantitative estimate of drug-likeness (QED) is 0.660. The van der Waals surface area contributed by atoms with Gasteiger partial charge in [0.25, 0.3) is 5.91 Å². The van der Waals surface area contributed by atoms with Gasteiger partial charge in [0.1, 0.15) is 11.3 Å². The topological polar surface area (TPSA) is 75.7 Å². The molecule has 6 nitrogen and oxygen atoms in total. The molecule has 0 aliphatic carbocycles. The number of carbonyl (C=O) groups is 3. The second-order valence-corrected chi connectivity index (χ2v) is 5.16. The summed E-state index contributed by atoms with van der Waals surface area (Å²) in [6, 6.07) is 6.02. The molecule has 2 rings (SSSR count). The first-order valence-electron chi connectivity index (χ1n) is 6.72. The molecule has 0 bridgehead atoms. The number of imide groups is 1. The van der Waals surface area contributed by atoms with E-state index in [2.05, 4.69) is 5.32 Å². The molecule has 1 aromatic rings. The van der Waals surface area contributed by atoms with E-state index in [0.717, 1.165) is 4.90 Å². The highest BCUT2D eigenvalue weighted by Crippen LogP contribution is 2.21. The predicted molar refractivity (Wildman–Crippen MR) is 76.3 cm³/mol. The number of amides is 3. The van der Waals surface area contributed by atoms with E-state index in [4.69, 9.17) is 4.74 Å². The molecule has 1 aromatic carbocycles. The van der Waals surface area contributed by atoms with E-state index in [-0.39, 0.29) is 18.2 Å². The molecule has 0 saturated carbocycles. The number of benzene rings is 1. The van der Waals surface area contributed by atoms with Crippen LogP contribution in [0.25, 0.3) is 0 Å². The first-order valence-corrected chi connectivity index (χ1v) is 6.72. The Morgan fingerprint density at radius 2 is 1.90 bits per heavy atom. The number of ether oxygens (including phenoxy) is 1. The molecule has 1 atom stereocenters. The predicted octanol–water partition coefficient (Wildman–Crippen LogP) is 1.60. The van der Waals surface area contributed by atoms with Crippen LogP contribution in [0.2, 0.25) is 0 Å². The lowest BCUT2D eigenvalue weighted by Crippen LogP contribution is -2.43. The molecular weight excluding hydrogens is 272 g/mol. The maximum atomic E-state index is 12.2. The van der Waals surface area contributed by atoms with Gasteiger partial charge in [-0.25, -0.2) is 4.79 Å². The molecule has 1 N–H and O–H groups in total. The third-order valence-electron chi connectivity index (χ3n) is 3.77. The van der Waals surface area contributed by atoms with Gasteiger partial charge in [0, 0.05) is 5.56 Å². The third kappa shape index (κ3) is 2.74. The fourth-order valence-corrected chi connectivity index (χ4v) is 2.14. The number of Topliss-reactive ketones (excluding diaryl/α,β-unsaturated/α-hetero) is 1. The number of nitrogens with zero attached hydrogens (tertiary/aromatic N) is 1. The van der Waals surface area contributed by atoms with Crippen molar-refractivity contribution in [2.45, 2.75) is 25.8 Å². The van der Waals surface area contributed by atoms with Gasteiger partial charge >= 0.3 is 6.03 Å². The Hall–Kier alpha value is -2.37. The van der Waals surface area contributed by atoms with Gasteiger partial charge in [-0.3, -0.25) is 14.5 Å². The van der Waals surface area contributed by atoms with Gasteiger partial charge in [-0.1, -0.05) is 6.92 Å². The van der Waals surface area contributed by atoms with Gasteiger partial charge in [0.2, 0.25) is 0 Å². The van der Waals surface area contributed by atoms with Crippen molar-refractivity contribution in [3.63, 3.8) is 0 Å². The Labute approximate surface area is 123 Å². The molecule has 0 spiro atoms. The van der Waals surface area contributed by atoms with Crippen molar-refractivity contribution in [1.29, 1.82) is 0 Å². The summed E-state index contributed by atoms with van der Waals surface area (Å²) in [5.74, 6) is -0.0153. The SMILES string of the molecule is CCC1(C)NC(=O)N(CC(=O)c2ccc(OC)cc2)C1=O. The number of carbonyl (C=O) groups excluding carboxylic acids is 3. The molecule has 0 aromatic heterocycles. The van der Waals surface area contributed by atoms with Crippen LogP contribution in [0.5, 0.6) is 5.75 Å². The number of rotatable bonds is 5. The van der Waals surface area contributed by atoms with Crippen molar-refractivity contribution in [1.82, 2.24) is 10.2 Å². The summed E-state index contributed by atoms with van der Waals surface area (Å²) in [4.78, 5) is 37.2. The van der Waals surface area contributed by atoms with Gasteiger partial charge in [-0.05, 0) is 37.6 Å². The van der Waals surface area contributed by atoms with Gasteiger partial charge in [-0.15, -0.1) is 0 Å². The highest BCUT2D eigenvalue weighted by Gasteiger charge is 2.46. The summed E-state index contributed by atoms with van der Waals surface area (Å²) in [6.07, 6.45) is 0.477. The minimum Gasteiger partial charge on any atom is -0.497 e. The monoisotopic (exact) mass is 290 g/mol. The van der Waals surface area contributed by atoms with E-state index in [0.29, 0.717) is 17.7 Å². The molecule has 1 aliphatic rings. The summed E-state index contributed by atoms with van der Waals surface area (Å²) in [5, 5.41) is 2.62. The summed E-state index contributed by atoms with van der Waals surface area (Å²) in [7, 11) is 1.54. The Morgan fingerprint density at radius 1 is 1.29 bits per heavy atom. The van der Waals surface area contributed by atoms with Gasteiger partial charge in [-0.2, -0.15) is 0 Å². The number of nitrogens with one attached hydrogen (secondary N) is 1. The summed E-state index contributed by atoms with van der Waals surface area (Å²) >= 11 is 0. The second-order valence-electron chi connectivity index (χ2n) is 5.16. The highest BCUT2D eigenvalue weighted by molar-refractivity contribution is 6.10. The normalized spacial score (nSPS) is 21.4. The first kappa shape index (κ1) is 15.0. The van der Waals surface area contributed by atoms with Gasteiger partial charge in [0.05, 0.1) is 13.7 Å². The van der Waals surface area contributed by atoms with Crippen LogP contribution < -0.4 is 10.1 Å². The fourth-order valence-electron chi connectivity index (χ4n) is 2.14. The summed E-state index contributed by atoms with van der Waals surface area (Å²) < 4.78 is 5.02. The van der Waals surface area contributed by atoms with Crippen molar-refractivity contribution in [2.24, 2.45) is 0 Å².